The summed E-state index contributed by atoms with van der Waals surface area (Å²) in [5, 5.41) is 21.0. The third-order valence-electron chi connectivity index (χ3n) is 5.69. The molecule has 0 aliphatic carbocycles. The summed E-state index contributed by atoms with van der Waals surface area (Å²) in [6.07, 6.45) is -4.90. The minimum atomic E-state index is -4.90. The second-order valence-corrected chi connectivity index (χ2v) is 9.04. The number of ketones is 1. The van der Waals surface area contributed by atoms with Gasteiger partial charge in [-0.15, -0.1) is 13.2 Å². The number of nitrogens with zero attached hydrogens (tertiary/aromatic N) is 1. The summed E-state index contributed by atoms with van der Waals surface area (Å²) in [5.41, 5.74) is 0.499. The van der Waals surface area contributed by atoms with Crippen LogP contribution in [-0.4, -0.2) is 34.9 Å². The van der Waals surface area contributed by atoms with Gasteiger partial charge in [-0.05, 0) is 60.0 Å². The number of alkyl halides is 3. The maximum absolute atomic E-state index is 13.2. The number of aliphatic hydroxyl groups is 1. The van der Waals surface area contributed by atoms with Gasteiger partial charge in [-0.3, -0.25) is 14.5 Å². The lowest BCUT2D eigenvalue weighted by Gasteiger charge is -2.25. The monoisotopic (exact) mass is 527 g/mol. The van der Waals surface area contributed by atoms with Crippen LogP contribution in [0.4, 0.5) is 18.9 Å². The van der Waals surface area contributed by atoms with Crippen molar-refractivity contribution < 1.29 is 42.4 Å². The van der Waals surface area contributed by atoms with E-state index in [0.29, 0.717) is 17.9 Å². The Morgan fingerprint density at radius 2 is 1.63 bits per heavy atom. The van der Waals surface area contributed by atoms with Gasteiger partial charge in [-0.1, -0.05) is 38.1 Å². The molecule has 1 unspecified atom stereocenters. The number of carbonyl (C=O) groups excluding carboxylic acids is 2. The summed E-state index contributed by atoms with van der Waals surface area (Å²) in [6, 6.07) is 15.4. The molecule has 0 saturated carbocycles. The summed E-state index contributed by atoms with van der Waals surface area (Å²) < 4.78 is 47.4. The van der Waals surface area contributed by atoms with Crippen molar-refractivity contribution in [3.63, 3.8) is 0 Å². The van der Waals surface area contributed by atoms with Gasteiger partial charge in [0, 0.05) is 11.3 Å². The molecule has 2 N–H and O–H groups in total. The molecule has 1 amide bonds. The topological polar surface area (TPSA) is 96.3 Å². The van der Waals surface area contributed by atoms with Gasteiger partial charge in [-0.25, -0.2) is 0 Å². The molecular weight excluding hydrogens is 503 g/mol. The number of hydrogen-bond acceptors (Lipinski definition) is 6. The van der Waals surface area contributed by atoms with E-state index in [0.717, 1.165) is 17.0 Å². The van der Waals surface area contributed by atoms with E-state index in [9.17, 15) is 33.0 Å². The molecule has 0 spiro atoms. The zero-order valence-electron chi connectivity index (χ0n) is 20.4. The van der Waals surface area contributed by atoms with Crippen molar-refractivity contribution in [3.8, 4) is 17.2 Å². The Labute approximate surface area is 216 Å². The van der Waals surface area contributed by atoms with Crippen LogP contribution in [0.5, 0.6) is 17.2 Å². The van der Waals surface area contributed by atoms with Crippen molar-refractivity contribution in [2.45, 2.75) is 26.3 Å². The average molecular weight is 527 g/mol. The van der Waals surface area contributed by atoms with Gasteiger partial charge in [0.25, 0.3) is 11.7 Å². The van der Waals surface area contributed by atoms with E-state index in [1.807, 2.05) is 13.8 Å². The SMILES string of the molecule is CC(C)COc1cccc(/C(O)=C2/C(=O)C(=O)N(c3ccc(OC(F)(F)F)cc3)C2c2ccc(O)cc2)c1. The van der Waals surface area contributed by atoms with Crippen molar-refractivity contribution in [3.05, 3.63) is 89.5 Å². The Hall–Kier alpha value is -4.47. The number of halogens is 3. The first-order chi connectivity index (χ1) is 17.9. The quantitative estimate of drug-likeness (QED) is 0.224. The highest BCUT2D eigenvalue weighted by Gasteiger charge is 2.47. The molecule has 3 aromatic carbocycles. The first kappa shape index (κ1) is 26.6. The standard InChI is InChI=1S/C28H24F3NO6/c1-16(2)15-37-22-5-3-4-18(14-22)25(34)23-24(17-6-10-20(33)11-7-17)32(27(36)26(23)35)19-8-12-21(13-9-19)38-28(29,30)31/h3-14,16,24,33-34H,15H2,1-2H3/b25-23-. The first-order valence-electron chi connectivity index (χ1n) is 11.6. The summed E-state index contributed by atoms with van der Waals surface area (Å²) in [4.78, 5) is 27.5. The zero-order chi connectivity index (χ0) is 27.6. The van der Waals surface area contributed by atoms with Crippen molar-refractivity contribution in [1.29, 1.82) is 0 Å². The molecule has 0 bridgehead atoms. The van der Waals surface area contributed by atoms with Crippen molar-refractivity contribution >= 4 is 23.1 Å². The van der Waals surface area contributed by atoms with E-state index in [1.165, 1.54) is 36.4 Å². The van der Waals surface area contributed by atoms with Gasteiger partial charge < -0.3 is 19.7 Å². The van der Waals surface area contributed by atoms with Crippen LogP contribution >= 0.6 is 0 Å². The number of hydrogen-bond donors (Lipinski definition) is 2. The molecule has 1 heterocycles. The molecule has 1 aliphatic rings. The highest BCUT2D eigenvalue weighted by Crippen LogP contribution is 2.43. The molecule has 7 nitrogen and oxygen atoms in total. The summed E-state index contributed by atoms with van der Waals surface area (Å²) in [5.74, 6) is -2.27. The van der Waals surface area contributed by atoms with Crippen molar-refractivity contribution in [1.82, 2.24) is 0 Å². The second-order valence-electron chi connectivity index (χ2n) is 9.04. The van der Waals surface area contributed by atoms with Gasteiger partial charge in [0.2, 0.25) is 0 Å². The molecule has 1 fully saturated rings. The van der Waals surface area contributed by atoms with Crippen molar-refractivity contribution in [2.75, 3.05) is 11.5 Å². The van der Waals surface area contributed by atoms with Gasteiger partial charge in [0.1, 0.15) is 23.0 Å². The van der Waals surface area contributed by atoms with Gasteiger partial charge in [0.05, 0.1) is 18.2 Å². The van der Waals surface area contributed by atoms with E-state index in [-0.39, 0.29) is 28.5 Å². The predicted octanol–water partition coefficient (Wildman–Crippen LogP) is 5.95. The zero-order valence-corrected chi connectivity index (χ0v) is 20.4. The Bertz CT molecular complexity index is 1360. The molecule has 1 aliphatic heterocycles. The lowest BCUT2D eigenvalue weighted by Crippen LogP contribution is -2.29. The van der Waals surface area contributed by atoms with E-state index in [1.54, 1.807) is 24.3 Å². The second kappa shape index (κ2) is 10.5. The lowest BCUT2D eigenvalue weighted by atomic mass is 9.95. The summed E-state index contributed by atoms with van der Waals surface area (Å²) in [7, 11) is 0. The Morgan fingerprint density at radius 1 is 0.974 bits per heavy atom. The molecule has 1 atom stereocenters. The fraction of sp³-hybridized carbons (Fsp3) is 0.214. The van der Waals surface area contributed by atoms with Crippen LogP contribution in [0.3, 0.4) is 0 Å². The van der Waals surface area contributed by atoms with E-state index < -0.39 is 35.6 Å². The number of ether oxygens (including phenoxy) is 2. The lowest BCUT2D eigenvalue weighted by molar-refractivity contribution is -0.274. The first-order valence-corrected chi connectivity index (χ1v) is 11.6. The smallest absolute Gasteiger partial charge is 0.508 e. The number of phenolic OH excluding ortho intramolecular Hbond substituents is 1. The largest absolute Gasteiger partial charge is 0.573 e. The minimum absolute atomic E-state index is 0.0608. The molecule has 4 rings (SSSR count). The third kappa shape index (κ3) is 5.74. The summed E-state index contributed by atoms with van der Waals surface area (Å²) in [6.45, 7) is 4.38. The summed E-state index contributed by atoms with van der Waals surface area (Å²) >= 11 is 0. The molecule has 38 heavy (non-hydrogen) atoms. The minimum Gasteiger partial charge on any atom is -0.508 e. The number of Topliss-reactive ketones (excluding diaryl/α,β-unsaturated/α-hetero) is 1. The highest BCUT2D eigenvalue weighted by atomic mass is 19.4. The van der Waals surface area contributed by atoms with Crippen LogP contribution < -0.4 is 14.4 Å². The number of aliphatic hydroxyl groups excluding tert-OH is 1. The van der Waals surface area contributed by atoms with Gasteiger partial charge in [-0.2, -0.15) is 0 Å². The Morgan fingerprint density at radius 3 is 2.24 bits per heavy atom. The number of carbonyl (C=O) groups is 2. The Balaban J connectivity index is 1.81. The number of benzene rings is 3. The molecule has 10 heteroatoms. The van der Waals surface area contributed by atoms with Gasteiger partial charge >= 0.3 is 6.36 Å². The number of phenols is 1. The molecule has 0 aromatic heterocycles. The molecule has 1 saturated heterocycles. The van der Waals surface area contributed by atoms with Crippen LogP contribution in [0.1, 0.15) is 31.0 Å². The third-order valence-corrected chi connectivity index (χ3v) is 5.69. The Kier molecular flexibility index (Phi) is 7.34. The molecule has 3 aromatic rings. The molecular formula is C28H24F3NO6. The fourth-order valence-electron chi connectivity index (χ4n) is 4.03. The van der Waals surface area contributed by atoms with Crippen LogP contribution in [0.25, 0.3) is 5.76 Å². The maximum atomic E-state index is 13.2. The number of aromatic hydroxyl groups is 1. The number of rotatable bonds is 7. The van der Waals surface area contributed by atoms with E-state index >= 15 is 0 Å². The maximum Gasteiger partial charge on any atom is 0.573 e. The normalized spacial score (nSPS) is 17.2. The average Bonchev–Trinajstić information content (AvgIpc) is 3.13. The van der Waals surface area contributed by atoms with E-state index in [4.69, 9.17) is 4.74 Å². The number of anilines is 1. The van der Waals surface area contributed by atoms with Crippen molar-refractivity contribution in [2.24, 2.45) is 5.92 Å². The molecule has 0 radical (unpaired) electrons. The predicted molar refractivity (Wildman–Crippen MR) is 133 cm³/mol. The van der Waals surface area contributed by atoms with Crippen LogP contribution in [0, 0.1) is 5.92 Å². The fourth-order valence-corrected chi connectivity index (χ4v) is 4.03. The highest BCUT2D eigenvalue weighted by molar-refractivity contribution is 6.51. The van der Waals surface area contributed by atoms with Crippen LogP contribution in [0.15, 0.2) is 78.4 Å². The van der Waals surface area contributed by atoms with E-state index in [2.05, 4.69) is 4.74 Å². The number of amides is 1. The van der Waals surface area contributed by atoms with Crippen LogP contribution in [0.2, 0.25) is 0 Å². The molecule has 198 valence electrons. The van der Waals surface area contributed by atoms with Gasteiger partial charge in [0.15, 0.2) is 0 Å². The van der Waals surface area contributed by atoms with Crippen LogP contribution in [-0.2, 0) is 9.59 Å².